The van der Waals surface area contributed by atoms with Crippen LogP contribution in [-0.4, -0.2) is 51.7 Å². The number of carbonyl (C=O) groups is 1. The molecule has 2 aromatic rings. The molecule has 0 unspecified atom stereocenters. The van der Waals surface area contributed by atoms with E-state index >= 15 is 0 Å². The maximum absolute atomic E-state index is 13.2. The number of piperidine rings is 1. The lowest BCUT2D eigenvalue weighted by Gasteiger charge is -2.40. The number of hydrogen-bond donors (Lipinski definition) is 0. The zero-order chi connectivity index (χ0) is 20.4. The number of hydrogen-bond acceptors (Lipinski definition) is 3. The average molecular weight is 395 g/mol. The van der Waals surface area contributed by atoms with Crippen LogP contribution in [0.2, 0.25) is 0 Å². The van der Waals surface area contributed by atoms with Crippen LogP contribution in [0.5, 0.6) is 0 Å². The molecule has 29 heavy (non-hydrogen) atoms. The molecule has 5 heteroatoms. The second kappa shape index (κ2) is 8.31. The van der Waals surface area contributed by atoms with Gasteiger partial charge in [0.15, 0.2) is 0 Å². The smallest absolute Gasteiger partial charge is 0.257 e. The van der Waals surface area contributed by atoms with Crippen molar-refractivity contribution < 1.29 is 4.79 Å². The molecule has 1 atom stereocenters. The molecule has 1 amide bonds. The average Bonchev–Trinajstić information content (AvgIpc) is 3.26. The molecule has 0 radical (unpaired) electrons. The van der Waals surface area contributed by atoms with Gasteiger partial charge in [0.25, 0.3) is 5.91 Å². The fourth-order valence-corrected chi connectivity index (χ4v) is 5.22. The molecule has 4 rings (SSSR count). The number of carbonyl (C=O) groups excluding carboxylic acids is 1. The summed E-state index contributed by atoms with van der Waals surface area (Å²) in [5.74, 6) is 0.164. The second-order valence-corrected chi connectivity index (χ2v) is 9.15. The Labute approximate surface area is 174 Å². The van der Waals surface area contributed by atoms with Crippen LogP contribution >= 0.6 is 0 Å². The highest BCUT2D eigenvalue weighted by molar-refractivity contribution is 5.95. The van der Waals surface area contributed by atoms with Crippen LogP contribution < -0.4 is 0 Å². The lowest BCUT2D eigenvalue weighted by molar-refractivity contribution is 0.0674. The monoisotopic (exact) mass is 394 g/mol. The molecular formula is C24H34N4O. The van der Waals surface area contributed by atoms with Crippen LogP contribution in [0, 0.1) is 19.3 Å². The van der Waals surface area contributed by atoms with Gasteiger partial charge in [0.1, 0.15) is 0 Å². The molecule has 5 nitrogen and oxygen atoms in total. The summed E-state index contributed by atoms with van der Waals surface area (Å²) in [5, 5.41) is 4.43. The van der Waals surface area contributed by atoms with E-state index in [2.05, 4.69) is 53.0 Å². The molecule has 2 fully saturated rings. The van der Waals surface area contributed by atoms with E-state index in [0.29, 0.717) is 0 Å². The third-order valence-corrected chi connectivity index (χ3v) is 6.72. The third-order valence-electron chi connectivity index (χ3n) is 6.72. The Hall–Kier alpha value is -2.14. The molecule has 2 aliphatic heterocycles. The lowest BCUT2D eigenvalue weighted by atomic mass is 9.79. The molecule has 1 aromatic carbocycles. The van der Waals surface area contributed by atoms with Gasteiger partial charge < -0.3 is 4.90 Å². The summed E-state index contributed by atoms with van der Waals surface area (Å²) in [5.41, 5.74) is 4.76. The number of rotatable bonds is 5. The van der Waals surface area contributed by atoms with Crippen LogP contribution in [0.15, 0.2) is 30.5 Å². The first-order valence-electron chi connectivity index (χ1n) is 11.1. The van der Waals surface area contributed by atoms with Crippen molar-refractivity contribution in [3.8, 4) is 0 Å². The molecule has 0 bridgehead atoms. The minimum Gasteiger partial charge on any atom is -0.338 e. The molecule has 1 aromatic heterocycles. The zero-order valence-electron chi connectivity index (χ0n) is 18.2. The first kappa shape index (κ1) is 20.1. The van der Waals surface area contributed by atoms with E-state index in [-0.39, 0.29) is 11.3 Å². The van der Waals surface area contributed by atoms with E-state index in [9.17, 15) is 4.79 Å². The predicted molar refractivity (Wildman–Crippen MR) is 116 cm³/mol. The van der Waals surface area contributed by atoms with E-state index in [1.807, 2.05) is 11.6 Å². The summed E-state index contributed by atoms with van der Waals surface area (Å²) in [7, 11) is 0. The Morgan fingerprint density at radius 2 is 2.03 bits per heavy atom. The molecule has 2 aliphatic rings. The van der Waals surface area contributed by atoms with E-state index in [0.717, 1.165) is 63.4 Å². The first-order valence-corrected chi connectivity index (χ1v) is 11.1. The zero-order valence-corrected chi connectivity index (χ0v) is 18.2. The molecule has 1 spiro atoms. The van der Waals surface area contributed by atoms with Crippen molar-refractivity contribution >= 4 is 5.91 Å². The minimum atomic E-state index is 0.164. The van der Waals surface area contributed by atoms with Gasteiger partial charge in [-0.3, -0.25) is 14.4 Å². The number of nitrogens with zero attached hydrogens (tertiary/aromatic N) is 4. The van der Waals surface area contributed by atoms with E-state index in [1.54, 1.807) is 6.20 Å². The standard InChI is InChI=1S/C24H34N4O/c1-4-11-28-20(3)22(15-25-28)23(29)27-13-10-24(18-27)9-6-12-26(17-24)16-21-8-5-7-19(2)14-21/h5,7-8,14-15H,4,6,9-13,16-18H2,1-3H3/t24-/m1/s1. The summed E-state index contributed by atoms with van der Waals surface area (Å²) in [6, 6.07) is 8.84. The fourth-order valence-electron chi connectivity index (χ4n) is 5.22. The number of amides is 1. The predicted octanol–water partition coefficient (Wildman–Crippen LogP) is 4.04. The van der Waals surface area contributed by atoms with Gasteiger partial charge in [0, 0.05) is 43.8 Å². The van der Waals surface area contributed by atoms with Gasteiger partial charge in [-0.15, -0.1) is 0 Å². The molecule has 3 heterocycles. The van der Waals surface area contributed by atoms with E-state index in [4.69, 9.17) is 0 Å². The summed E-state index contributed by atoms with van der Waals surface area (Å²) in [4.78, 5) is 17.9. The van der Waals surface area contributed by atoms with E-state index < -0.39 is 0 Å². The minimum absolute atomic E-state index is 0.164. The first-order chi connectivity index (χ1) is 14.0. The molecule has 0 saturated carbocycles. The van der Waals surface area contributed by atoms with Crippen molar-refractivity contribution in [2.75, 3.05) is 26.2 Å². The fraction of sp³-hybridized carbons (Fsp3) is 0.583. The van der Waals surface area contributed by atoms with Crippen molar-refractivity contribution in [3.63, 3.8) is 0 Å². The van der Waals surface area contributed by atoms with Crippen LogP contribution in [0.1, 0.15) is 59.8 Å². The van der Waals surface area contributed by atoms with Gasteiger partial charge in [0.2, 0.25) is 0 Å². The van der Waals surface area contributed by atoms with Gasteiger partial charge in [-0.2, -0.15) is 5.10 Å². The molecule has 2 saturated heterocycles. The van der Waals surface area contributed by atoms with Crippen molar-refractivity contribution in [2.45, 2.75) is 59.5 Å². The summed E-state index contributed by atoms with van der Waals surface area (Å²) < 4.78 is 1.96. The SMILES string of the molecule is CCCn1ncc(C(=O)N2CC[C@@]3(CCCN(Cc4cccc(C)c4)C3)C2)c1C. The largest absolute Gasteiger partial charge is 0.338 e. The summed E-state index contributed by atoms with van der Waals surface area (Å²) in [6.45, 7) is 12.2. The lowest BCUT2D eigenvalue weighted by Crippen LogP contribution is -2.45. The van der Waals surface area contributed by atoms with Crippen LogP contribution in [-0.2, 0) is 13.1 Å². The molecule has 156 valence electrons. The second-order valence-electron chi connectivity index (χ2n) is 9.15. The summed E-state index contributed by atoms with van der Waals surface area (Å²) in [6.07, 6.45) is 6.37. The normalized spacial score (nSPS) is 22.5. The van der Waals surface area contributed by atoms with E-state index in [1.165, 1.54) is 24.0 Å². The van der Waals surface area contributed by atoms with Crippen LogP contribution in [0.3, 0.4) is 0 Å². The number of likely N-dealkylation sites (tertiary alicyclic amines) is 2. The van der Waals surface area contributed by atoms with Gasteiger partial charge in [-0.25, -0.2) is 0 Å². The van der Waals surface area contributed by atoms with Crippen molar-refractivity contribution in [1.29, 1.82) is 0 Å². The van der Waals surface area contributed by atoms with Crippen molar-refractivity contribution in [1.82, 2.24) is 19.6 Å². The van der Waals surface area contributed by atoms with Crippen LogP contribution in [0.25, 0.3) is 0 Å². The highest BCUT2D eigenvalue weighted by Gasteiger charge is 2.43. The number of aryl methyl sites for hydroxylation is 2. The van der Waals surface area contributed by atoms with Gasteiger partial charge in [0.05, 0.1) is 11.8 Å². The molecule has 0 aliphatic carbocycles. The quantitative estimate of drug-likeness (QED) is 0.769. The third kappa shape index (κ3) is 4.25. The van der Waals surface area contributed by atoms with Crippen molar-refractivity contribution in [3.05, 3.63) is 52.8 Å². The van der Waals surface area contributed by atoms with Gasteiger partial charge in [-0.05, 0) is 51.6 Å². The summed E-state index contributed by atoms with van der Waals surface area (Å²) >= 11 is 0. The number of aromatic nitrogens is 2. The topological polar surface area (TPSA) is 41.4 Å². The molecule has 0 N–H and O–H groups in total. The number of benzene rings is 1. The Morgan fingerprint density at radius 3 is 2.83 bits per heavy atom. The Morgan fingerprint density at radius 1 is 1.17 bits per heavy atom. The van der Waals surface area contributed by atoms with Gasteiger partial charge in [-0.1, -0.05) is 36.8 Å². The van der Waals surface area contributed by atoms with Crippen LogP contribution in [0.4, 0.5) is 0 Å². The Kier molecular flexibility index (Phi) is 5.77. The molecular weight excluding hydrogens is 360 g/mol. The van der Waals surface area contributed by atoms with Gasteiger partial charge >= 0.3 is 0 Å². The van der Waals surface area contributed by atoms with Crippen molar-refractivity contribution in [2.24, 2.45) is 5.41 Å². The highest BCUT2D eigenvalue weighted by atomic mass is 16.2. The maximum atomic E-state index is 13.2. The Balaban J connectivity index is 1.42. The highest BCUT2D eigenvalue weighted by Crippen LogP contribution is 2.40. The maximum Gasteiger partial charge on any atom is 0.257 e. The Bertz CT molecular complexity index is 874.